The number of halogens is 2. The lowest BCUT2D eigenvalue weighted by Crippen LogP contribution is -2.44. The Morgan fingerprint density at radius 2 is 1.79 bits per heavy atom. The zero-order valence-electron chi connectivity index (χ0n) is 13.4. The lowest BCUT2D eigenvalue weighted by molar-refractivity contribution is 0.311. The van der Waals surface area contributed by atoms with E-state index in [0.717, 1.165) is 31.7 Å². The fourth-order valence-electron chi connectivity index (χ4n) is 2.63. The molecule has 1 saturated heterocycles. The molecule has 0 atom stereocenters. The molecular weight excluding hydrogens is 345 g/mol. The third kappa shape index (κ3) is 4.09. The third-order valence-electron chi connectivity index (χ3n) is 4.11. The molecule has 0 aromatic heterocycles. The highest BCUT2D eigenvalue weighted by molar-refractivity contribution is 7.80. The van der Waals surface area contributed by atoms with Crippen LogP contribution >= 0.6 is 24.2 Å². The molecule has 0 amide bonds. The van der Waals surface area contributed by atoms with Gasteiger partial charge in [0.1, 0.15) is 5.82 Å². The summed E-state index contributed by atoms with van der Waals surface area (Å²) in [7, 11) is 2.08. The second-order valence-corrected chi connectivity index (χ2v) is 6.81. The maximum Gasteiger partial charge on any atom is 0.148 e. The minimum Gasteiger partial charge on any atom is -0.367 e. The highest BCUT2D eigenvalue weighted by Crippen LogP contribution is 2.31. The number of aliphatic imine (C=N–C) groups is 1. The topological polar surface area (TPSA) is 18.8 Å². The molecule has 0 unspecified atom stereocenters. The van der Waals surface area contributed by atoms with Gasteiger partial charge in [0, 0.05) is 48.4 Å². The van der Waals surface area contributed by atoms with Crippen LogP contribution in [0, 0.1) is 5.82 Å². The van der Waals surface area contributed by atoms with E-state index < -0.39 is 0 Å². The van der Waals surface area contributed by atoms with Gasteiger partial charge < -0.3 is 9.80 Å². The quantitative estimate of drug-likeness (QED) is 0.648. The molecule has 3 rings (SSSR count). The van der Waals surface area contributed by atoms with Crippen molar-refractivity contribution in [3.63, 3.8) is 0 Å². The first-order chi connectivity index (χ1) is 11.5. The molecule has 0 aliphatic carbocycles. The molecule has 1 fully saturated rings. The minimum atomic E-state index is -0.263. The summed E-state index contributed by atoms with van der Waals surface area (Å²) in [6.07, 6.45) is 1.68. The monoisotopic (exact) mass is 363 g/mol. The zero-order valence-corrected chi connectivity index (χ0v) is 15.1. The Bertz CT molecular complexity index is 741. The van der Waals surface area contributed by atoms with Crippen LogP contribution in [0.3, 0.4) is 0 Å². The Labute approximate surface area is 152 Å². The van der Waals surface area contributed by atoms with Crippen molar-refractivity contribution < 1.29 is 4.39 Å². The van der Waals surface area contributed by atoms with E-state index in [0.29, 0.717) is 21.3 Å². The molecule has 0 N–H and O–H groups in total. The van der Waals surface area contributed by atoms with Crippen molar-refractivity contribution in [2.75, 3.05) is 38.1 Å². The van der Waals surface area contributed by atoms with Gasteiger partial charge in [0.15, 0.2) is 0 Å². The van der Waals surface area contributed by atoms with E-state index in [2.05, 4.69) is 34.5 Å². The number of hydrogen-bond acceptors (Lipinski definition) is 4. The van der Waals surface area contributed by atoms with Gasteiger partial charge in [-0.15, -0.1) is 12.6 Å². The Hall–Kier alpha value is -1.56. The average Bonchev–Trinajstić information content (AvgIpc) is 2.57. The summed E-state index contributed by atoms with van der Waals surface area (Å²) in [5, 5.41) is 0.671. The third-order valence-corrected chi connectivity index (χ3v) is 4.72. The van der Waals surface area contributed by atoms with Crippen LogP contribution < -0.4 is 4.90 Å². The van der Waals surface area contributed by atoms with Crippen LogP contribution in [0.4, 0.5) is 15.8 Å². The van der Waals surface area contributed by atoms with Gasteiger partial charge in [-0.1, -0.05) is 23.7 Å². The van der Waals surface area contributed by atoms with Crippen molar-refractivity contribution in [3.05, 3.63) is 52.8 Å². The summed E-state index contributed by atoms with van der Waals surface area (Å²) in [5.41, 5.74) is 2.01. The largest absolute Gasteiger partial charge is 0.367 e. The van der Waals surface area contributed by atoms with E-state index in [1.807, 2.05) is 12.1 Å². The predicted octanol–water partition coefficient (Wildman–Crippen LogP) is 4.27. The van der Waals surface area contributed by atoms with Gasteiger partial charge >= 0.3 is 0 Å². The van der Waals surface area contributed by atoms with E-state index in [1.165, 1.54) is 6.07 Å². The van der Waals surface area contributed by atoms with Crippen molar-refractivity contribution >= 4 is 41.8 Å². The number of anilines is 1. The lowest BCUT2D eigenvalue weighted by atomic mass is 10.2. The standard InChI is InChI=1S/C18H19ClFN3S/c1-22-6-8-23(9-7-22)17-11-18(24)16(10-15(17)20)21-12-13-2-4-14(19)5-3-13/h2-5,10-12,24H,6-9H2,1H3. The smallest absolute Gasteiger partial charge is 0.148 e. The Kier molecular flexibility index (Phi) is 5.43. The molecule has 6 heteroatoms. The molecule has 0 radical (unpaired) electrons. The van der Waals surface area contributed by atoms with Gasteiger partial charge in [0.25, 0.3) is 0 Å². The van der Waals surface area contributed by atoms with Crippen LogP contribution in [-0.2, 0) is 0 Å². The lowest BCUT2D eigenvalue weighted by Gasteiger charge is -2.34. The van der Waals surface area contributed by atoms with Crippen molar-refractivity contribution in [2.45, 2.75) is 4.90 Å². The number of piperazine rings is 1. The number of likely N-dealkylation sites (N-methyl/N-ethyl adjacent to an activating group) is 1. The Morgan fingerprint density at radius 1 is 1.12 bits per heavy atom. The molecule has 0 bridgehead atoms. The van der Waals surface area contributed by atoms with Crippen LogP contribution in [-0.4, -0.2) is 44.3 Å². The summed E-state index contributed by atoms with van der Waals surface area (Å²) in [5.74, 6) is -0.263. The molecule has 1 aliphatic rings. The molecule has 0 spiro atoms. The highest BCUT2D eigenvalue weighted by Gasteiger charge is 2.18. The van der Waals surface area contributed by atoms with Crippen LogP contribution in [0.1, 0.15) is 5.56 Å². The van der Waals surface area contributed by atoms with E-state index >= 15 is 0 Å². The molecule has 2 aromatic carbocycles. The van der Waals surface area contributed by atoms with Gasteiger partial charge in [0.2, 0.25) is 0 Å². The first-order valence-corrected chi connectivity index (χ1v) is 8.61. The molecule has 1 heterocycles. The number of thiol groups is 1. The second kappa shape index (κ2) is 7.55. The van der Waals surface area contributed by atoms with Gasteiger partial charge in [0.05, 0.1) is 11.4 Å². The van der Waals surface area contributed by atoms with Gasteiger partial charge in [-0.3, -0.25) is 4.99 Å². The Morgan fingerprint density at radius 3 is 2.46 bits per heavy atom. The number of benzene rings is 2. The van der Waals surface area contributed by atoms with E-state index in [1.54, 1.807) is 24.4 Å². The van der Waals surface area contributed by atoms with Crippen LogP contribution in [0.15, 0.2) is 46.3 Å². The maximum atomic E-state index is 14.5. The van der Waals surface area contributed by atoms with Gasteiger partial charge in [-0.25, -0.2) is 4.39 Å². The summed E-state index contributed by atoms with van der Waals surface area (Å²) < 4.78 is 14.5. The summed E-state index contributed by atoms with van der Waals surface area (Å²) in [6, 6.07) is 10.5. The molecule has 1 aliphatic heterocycles. The SMILES string of the molecule is CN1CCN(c2cc(S)c(N=Cc3ccc(Cl)cc3)cc2F)CC1. The van der Waals surface area contributed by atoms with Crippen LogP contribution in [0.25, 0.3) is 0 Å². The van der Waals surface area contributed by atoms with Crippen LogP contribution in [0.5, 0.6) is 0 Å². The molecule has 0 saturated carbocycles. The predicted molar refractivity (Wildman–Crippen MR) is 102 cm³/mol. The fraction of sp³-hybridized carbons (Fsp3) is 0.278. The van der Waals surface area contributed by atoms with E-state index in [9.17, 15) is 4.39 Å². The molecule has 126 valence electrons. The first kappa shape index (κ1) is 17.3. The van der Waals surface area contributed by atoms with Crippen molar-refractivity contribution in [3.8, 4) is 0 Å². The molecular formula is C18H19ClFN3S. The maximum absolute atomic E-state index is 14.5. The van der Waals surface area contributed by atoms with Crippen molar-refractivity contribution in [1.82, 2.24) is 4.90 Å². The van der Waals surface area contributed by atoms with Gasteiger partial charge in [-0.05, 0) is 30.8 Å². The van der Waals surface area contributed by atoms with Crippen molar-refractivity contribution in [2.24, 2.45) is 4.99 Å². The normalized spacial score (nSPS) is 16.1. The average molecular weight is 364 g/mol. The minimum absolute atomic E-state index is 0.263. The second-order valence-electron chi connectivity index (χ2n) is 5.89. The summed E-state index contributed by atoms with van der Waals surface area (Å²) in [6.45, 7) is 3.48. The highest BCUT2D eigenvalue weighted by atomic mass is 35.5. The fourth-order valence-corrected chi connectivity index (χ4v) is 3.00. The number of hydrogen-bond donors (Lipinski definition) is 1. The Balaban J connectivity index is 1.80. The van der Waals surface area contributed by atoms with E-state index in [-0.39, 0.29) is 5.82 Å². The first-order valence-electron chi connectivity index (χ1n) is 7.78. The van der Waals surface area contributed by atoms with Crippen molar-refractivity contribution in [1.29, 1.82) is 0 Å². The molecule has 2 aromatic rings. The zero-order chi connectivity index (χ0) is 17.1. The number of nitrogens with zero attached hydrogens (tertiary/aromatic N) is 3. The number of rotatable bonds is 3. The van der Waals surface area contributed by atoms with E-state index in [4.69, 9.17) is 11.6 Å². The molecule has 3 nitrogen and oxygen atoms in total. The van der Waals surface area contributed by atoms with Gasteiger partial charge in [-0.2, -0.15) is 0 Å². The summed E-state index contributed by atoms with van der Waals surface area (Å²) >= 11 is 10.3. The summed E-state index contributed by atoms with van der Waals surface area (Å²) in [4.78, 5) is 9.31. The molecule has 24 heavy (non-hydrogen) atoms. The van der Waals surface area contributed by atoms with Crippen LogP contribution in [0.2, 0.25) is 5.02 Å².